The predicted octanol–water partition coefficient (Wildman–Crippen LogP) is 11.8. The number of rotatable bonds is 12. The van der Waals surface area contributed by atoms with Crippen LogP contribution < -0.4 is 0 Å². The maximum absolute atomic E-state index is 6.04. The quantitative estimate of drug-likeness (QED) is 0.105. The van der Waals surface area contributed by atoms with E-state index in [9.17, 15) is 0 Å². The molecule has 0 amide bonds. The van der Waals surface area contributed by atoms with Gasteiger partial charge in [0, 0.05) is 17.9 Å². The second-order valence-electron chi connectivity index (χ2n) is 12.7. The zero-order chi connectivity index (χ0) is 30.7. The van der Waals surface area contributed by atoms with Crippen molar-refractivity contribution in [1.29, 1.82) is 0 Å². The molecule has 5 rings (SSSR count). The number of furan rings is 1. The molecule has 0 saturated heterocycles. The summed E-state index contributed by atoms with van der Waals surface area (Å²) in [5, 5.41) is 0. The standard InChI is InChI=1S/C43H50O/c1-5-8-10-17-33(16-6-2)25-26-38-28-39(43-27-24-32(4)44-43)23-15-22-36-30-41(35(7-3)29-40(36)38)42-31-37(42)21-14-13-20-34-18-11-9-12-19-34/h15,18,24,27-30,33H,6-7,9-14,16-17,19-22,31H2,1-4H3/b38-28-. The fourth-order valence-electron chi connectivity index (χ4n) is 6.75. The minimum atomic E-state index is 0.350. The van der Waals surface area contributed by atoms with Gasteiger partial charge in [0.25, 0.3) is 0 Å². The first-order valence-electron chi connectivity index (χ1n) is 17.3. The minimum Gasteiger partial charge on any atom is -0.461 e. The highest BCUT2D eigenvalue weighted by Gasteiger charge is 2.26. The van der Waals surface area contributed by atoms with E-state index in [-0.39, 0.29) is 0 Å². The normalized spacial score (nSPS) is 17.5. The molecule has 1 unspecified atom stereocenters. The lowest BCUT2D eigenvalue weighted by molar-refractivity contribution is 0.522. The van der Waals surface area contributed by atoms with Crippen LogP contribution >= 0.6 is 0 Å². The molecule has 1 nitrogen and oxygen atoms in total. The number of unbranched alkanes of at least 4 members (excludes halogenated alkanes) is 1. The van der Waals surface area contributed by atoms with Gasteiger partial charge >= 0.3 is 0 Å². The third-order valence-electron chi connectivity index (χ3n) is 9.35. The van der Waals surface area contributed by atoms with Crippen molar-refractivity contribution < 1.29 is 4.42 Å². The Balaban J connectivity index is 1.43. The SMILES string of the molecule is CC#CCCC(C#C/C1=C/C(c2ccc(C)o2)=C=CCc2cc(C3=C(CCCCC4=CCCCC4)C3)c(CC)cc21)CCC. The lowest BCUT2D eigenvalue weighted by Crippen LogP contribution is -2.01. The van der Waals surface area contributed by atoms with E-state index in [1.54, 1.807) is 16.7 Å². The Labute approximate surface area is 267 Å². The molecule has 1 heteroatoms. The summed E-state index contributed by atoms with van der Waals surface area (Å²) < 4.78 is 6.04. The van der Waals surface area contributed by atoms with Crippen LogP contribution in [0.25, 0.3) is 16.7 Å². The van der Waals surface area contributed by atoms with E-state index < -0.39 is 0 Å². The van der Waals surface area contributed by atoms with Crippen LogP contribution in [0.4, 0.5) is 0 Å². The van der Waals surface area contributed by atoms with Crippen LogP contribution in [-0.4, -0.2) is 0 Å². The van der Waals surface area contributed by atoms with Crippen molar-refractivity contribution in [3.05, 3.63) is 93.1 Å². The highest BCUT2D eigenvalue weighted by Crippen LogP contribution is 2.46. The largest absolute Gasteiger partial charge is 0.461 e. The first kappa shape index (κ1) is 31.8. The van der Waals surface area contributed by atoms with Crippen molar-refractivity contribution in [2.24, 2.45) is 5.92 Å². The summed E-state index contributed by atoms with van der Waals surface area (Å²) in [6.07, 6.45) is 24.7. The van der Waals surface area contributed by atoms with Gasteiger partial charge in [0.1, 0.15) is 11.5 Å². The minimum absolute atomic E-state index is 0.350. The maximum atomic E-state index is 6.04. The van der Waals surface area contributed by atoms with E-state index in [1.165, 1.54) is 80.0 Å². The molecule has 0 N–H and O–H groups in total. The second kappa shape index (κ2) is 15.9. The van der Waals surface area contributed by atoms with Crippen LogP contribution in [-0.2, 0) is 12.8 Å². The summed E-state index contributed by atoms with van der Waals surface area (Å²) in [4.78, 5) is 0. The van der Waals surface area contributed by atoms with Crippen molar-refractivity contribution >= 4 is 16.7 Å². The topological polar surface area (TPSA) is 13.1 Å². The highest BCUT2D eigenvalue weighted by atomic mass is 16.3. The molecule has 2 aromatic rings. The van der Waals surface area contributed by atoms with E-state index in [0.717, 1.165) is 61.2 Å². The summed E-state index contributed by atoms with van der Waals surface area (Å²) in [5.41, 5.74) is 16.1. The molecule has 0 aliphatic heterocycles. The first-order chi connectivity index (χ1) is 21.6. The number of benzene rings is 1. The van der Waals surface area contributed by atoms with Gasteiger partial charge in [-0.3, -0.25) is 0 Å². The van der Waals surface area contributed by atoms with Gasteiger partial charge in [0.05, 0.1) is 5.57 Å². The fraction of sp³-hybridized carbons (Fsp3) is 0.465. The van der Waals surface area contributed by atoms with Crippen LogP contribution in [0.3, 0.4) is 0 Å². The van der Waals surface area contributed by atoms with Crippen molar-refractivity contribution in [1.82, 2.24) is 0 Å². The van der Waals surface area contributed by atoms with Crippen molar-refractivity contribution in [3.8, 4) is 23.7 Å². The molecule has 0 radical (unpaired) electrons. The Morgan fingerprint density at radius 1 is 1.02 bits per heavy atom. The van der Waals surface area contributed by atoms with Crippen LogP contribution in [0.1, 0.15) is 138 Å². The average molecular weight is 583 g/mol. The molecule has 3 aliphatic rings. The van der Waals surface area contributed by atoms with Gasteiger partial charge < -0.3 is 4.42 Å². The molecule has 1 aromatic heterocycles. The molecule has 0 saturated carbocycles. The molecule has 228 valence electrons. The zero-order valence-corrected chi connectivity index (χ0v) is 27.6. The molecular formula is C43H50O. The zero-order valence-electron chi connectivity index (χ0n) is 27.6. The smallest absolute Gasteiger partial charge is 0.142 e. The van der Waals surface area contributed by atoms with Gasteiger partial charge in [-0.25, -0.2) is 0 Å². The predicted molar refractivity (Wildman–Crippen MR) is 188 cm³/mol. The molecule has 1 heterocycles. The Hall–Kier alpha value is -3.64. The van der Waals surface area contributed by atoms with E-state index >= 15 is 0 Å². The molecule has 1 atom stereocenters. The first-order valence-corrected chi connectivity index (χ1v) is 17.3. The number of hydrogen-bond donors (Lipinski definition) is 0. The Morgan fingerprint density at radius 3 is 2.66 bits per heavy atom. The van der Waals surface area contributed by atoms with Gasteiger partial charge in [-0.1, -0.05) is 55.4 Å². The summed E-state index contributed by atoms with van der Waals surface area (Å²) in [6.45, 7) is 8.46. The van der Waals surface area contributed by atoms with Crippen LogP contribution in [0.5, 0.6) is 0 Å². The van der Waals surface area contributed by atoms with Crippen LogP contribution in [0.15, 0.2) is 63.8 Å². The average Bonchev–Trinajstić information content (AvgIpc) is 3.68. The maximum Gasteiger partial charge on any atom is 0.142 e. The Kier molecular flexibility index (Phi) is 11.5. The van der Waals surface area contributed by atoms with E-state index in [2.05, 4.69) is 73.6 Å². The Morgan fingerprint density at radius 2 is 1.91 bits per heavy atom. The van der Waals surface area contributed by atoms with Gasteiger partial charge in [-0.05, 0) is 155 Å². The van der Waals surface area contributed by atoms with Crippen molar-refractivity contribution in [2.45, 2.75) is 124 Å². The summed E-state index contributed by atoms with van der Waals surface area (Å²) in [6, 6.07) is 9.01. The van der Waals surface area contributed by atoms with Crippen molar-refractivity contribution in [3.63, 3.8) is 0 Å². The summed E-state index contributed by atoms with van der Waals surface area (Å²) in [5.74, 6) is 15.8. The molecule has 0 spiro atoms. The fourth-order valence-corrected chi connectivity index (χ4v) is 6.75. The lowest BCUT2D eigenvalue weighted by Gasteiger charge is -2.16. The lowest BCUT2D eigenvalue weighted by atomic mass is 9.88. The number of hydrogen-bond acceptors (Lipinski definition) is 1. The summed E-state index contributed by atoms with van der Waals surface area (Å²) >= 11 is 0. The molecule has 44 heavy (non-hydrogen) atoms. The van der Waals surface area contributed by atoms with Gasteiger partial charge in [0.2, 0.25) is 0 Å². The molecule has 0 bridgehead atoms. The molecular weight excluding hydrogens is 532 g/mol. The monoisotopic (exact) mass is 582 g/mol. The molecule has 1 aromatic carbocycles. The third-order valence-corrected chi connectivity index (χ3v) is 9.35. The highest BCUT2D eigenvalue weighted by molar-refractivity contribution is 5.92. The van der Waals surface area contributed by atoms with E-state index in [0.29, 0.717) is 5.92 Å². The van der Waals surface area contributed by atoms with Gasteiger partial charge in [-0.15, -0.1) is 17.6 Å². The number of allylic oxidation sites excluding steroid dienone is 7. The molecule has 0 fully saturated rings. The van der Waals surface area contributed by atoms with Gasteiger partial charge in [-0.2, -0.15) is 0 Å². The van der Waals surface area contributed by atoms with Crippen molar-refractivity contribution in [2.75, 3.05) is 0 Å². The number of aryl methyl sites for hydroxylation is 2. The van der Waals surface area contributed by atoms with Crippen LogP contribution in [0, 0.1) is 36.5 Å². The number of fused-ring (bicyclic) bond motifs is 1. The van der Waals surface area contributed by atoms with E-state index in [1.807, 2.05) is 26.0 Å². The van der Waals surface area contributed by atoms with Gasteiger partial charge in [0.15, 0.2) is 0 Å². The van der Waals surface area contributed by atoms with E-state index in [4.69, 9.17) is 4.42 Å². The third kappa shape index (κ3) is 8.50. The van der Waals surface area contributed by atoms with Crippen LogP contribution in [0.2, 0.25) is 0 Å². The molecule has 3 aliphatic carbocycles. The second-order valence-corrected chi connectivity index (χ2v) is 12.7. The summed E-state index contributed by atoms with van der Waals surface area (Å²) in [7, 11) is 0. The Bertz CT molecular complexity index is 1620.